The first-order valence-corrected chi connectivity index (χ1v) is 8.29. The Bertz CT molecular complexity index is 911. The minimum absolute atomic E-state index is 0.913. The molecule has 0 saturated carbocycles. The van der Waals surface area contributed by atoms with Crippen LogP contribution in [0.15, 0.2) is 36.4 Å². The highest BCUT2D eigenvalue weighted by atomic mass is 16.5. The van der Waals surface area contributed by atoms with Crippen molar-refractivity contribution in [2.75, 3.05) is 0 Å². The van der Waals surface area contributed by atoms with Gasteiger partial charge in [0, 0.05) is 16.6 Å². The van der Waals surface area contributed by atoms with Crippen LogP contribution in [0.25, 0.3) is 10.9 Å². The summed E-state index contributed by atoms with van der Waals surface area (Å²) in [6, 6.07) is 12.7. The van der Waals surface area contributed by atoms with Gasteiger partial charge in [-0.15, -0.1) is 0 Å². The predicted molar refractivity (Wildman–Crippen MR) is 94.5 cm³/mol. The normalized spacial score (nSPS) is 13.3. The van der Waals surface area contributed by atoms with E-state index in [0.717, 1.165) is 35.2 Å². The summed E-state index contributed by atoms with van der Waals surface area (Å²) in [5.74, 6) is 1.92. The van der Waals surface area contributed by atoms with Gasteiger partial charge in [0.15, 0.2) is 0 Å². The Labute approximate surface area is 137 Å². The molecule has 0 aliphatic heterocycles. The van der Waals surface area contributed by atoms with Crippen LogP contribution in [0.3, 0.4) is 0 Å². The molecule has 1 aromatic heterocycles. The molecule has 1 aliphatic rings. The Morgan fingerprint density at radius 2 is 1.78 bits per heavy atom. The number of fused-ring (bicyclic) bond motifs is 2. The first kappa shape index (κ1) is 14.3. The smallest absolute Gasteiger partial charge is 0.141 e. The summed E-state index contributed by atoms with van der Waals surface area (Å²) in [4.78, 5) is 4.85. The fraction of sp³-hybridized carbons (Fsp3) is 0.286. The summed E-state index contributed by atoms with van der Waals surface area (Å²) in [6.45, 7) is 6.37. The Kier molecular flexibility index (Phi) is 3.33. The topological polar surface area (TPSA) is 22.1 Å². The largest absolute Gasteiger partial charge is 0.456 e. The van der Waals surface area contributed by atoms with Crippen molar-refractivity contribution in [2.45, 2.75) is 40.0 Å². The van der Waals surface area contributed by atoms with Crippen molar-refractivity contribution in [2.24, 2.45) is 0 Å². The van der Waals surface area contributed by atoms with Gasteiger partial charge in [0.1, 0.15) is 11.5 Å². The van der Waals surface area contributed by atoms with Crippen LogP contribution in [0.4, 0.5) is 0 Å². The second kappa shape index (κ2) is 5.38. The molecule has 116 valence electrons. The molecule has 0 atom stereocenters. The zero-order valence-corrected chi connectivity index (χ0v) is 13.9. The SMILES string of the molecule is Cc1ccc2nc3c(c(Oc4ccc(C)c(C)c4)c2c1)CCC3. The molecule has 0 amide bonds. The van der Waals surface area contributed by atoms with Crippen molar-refractivity contribution in [3.8, 4) is 11.5 Å². The van der Waals surface area contributed by atoms with Crippen molar-refractivity contribution < 1.29 is 4.74 Å². The maximum atomic E-state index is 6.39. The van der Waals surface area contributed by atoms with Gasteiger partial charge in [-0.25, -0.2) is 0 Å². The van der Waals surface area contributed by atoms with E-state index in [4.69, 9.17) is 9.72 Å². The average Bonchev–Trinajstić information content (AvgIpc) is 2.99. The fourth-order valence-electron chi connectivity index (χ4n) is 3.34. The van der Waals surface area contributed by atoms with Crippen LogP contribution in [0.2, 0.25) is 0 Å². The van der Waals surface area contributed by atoms with Crippen LogP contribution >= 0.6 is 0 Å². The van der Waals surface area contributed by atoms with Gasteiger partial charge in [-0.05, 0) is 75.4 Å². The molecule has 2 aromatic carbocycles. The van der Waals surface area contributed by atoms with E-state index in [2.05, 4.69) is 57.2 Å². The van der Waals surface area contributed by atoms with E-state index in [-0.39, 0.29) is 0 Å². The van der Waals surface area contributed by atoms with E-state index >= 15 is 0 Å². The lowest BCUT2D eigenvalue weighted by molar-refractivity contribution is 0.481. The monoisotopic (exact) mass is 303 g/mol. The minimum Gasteiger partial charge on any atom is -0.456 e. The number of hydrogen-bond donors (Lipinski definition) is 0. The highest BCUT2D eigenvalue weighted by molar-refractivity contribution is 5.88. The zero-order valence-electron chi connectivity index (χ0n) is 13.9. The second-order valence-corrected chi connectivity index (χ2v) is 6.59. The average molecular weight is 303 g/mol. The van der Waals surface area contributed by atoms with Crippen molar-refractivity contribution in [1.82, 2.24) is 4.98 Å². The Hall–Kier alpha value is -2.35. The number of nitrogens with zero attached hydrogens (tertiary/aromatic N) is 1. The minimum atomic E-state index is 0.913. The number of hydrogen-bond acceptors (Lipinski definition) is 2. The summed E-state index contributed by atoms with van der Waals surface area (Å²) < 4.78 is 6.39. The summed E-state index contributed by atoms with van der Waals surface area (Å²) in [5.41, 5.74) is 7.32. The lowest BCUT2D eigenvalue weighted by Crippen LogP contribution is -1.97. The van der Waals surface area contributed by atoms with E-state index in [1.54, 1.807) is 0 Å². The quantitative estimate of drug-likeness (QED) is 0.629. The molecule has 23 heavy (non-hydrogen) atoms. The number of ether oxygens (including phenoxy) is 1. The number of benzene rings is 2. The van der Waals surface area contributed by atoms with E-state index < -0.39 is 0 Å². The van der Waals surface area contributed by atoms with Crippen LogP contribution in [0, 0.1) is 20.8 Å². The molecule has 0 radical (unpaired) electrons. The van der Waals surface area contributed by atoms with E-state index in [0.29, 0.717) is 0 Å². The fourth-order valence-corrected chi connectivity index (χ4v) is 3.34. The van der Waals surface area contributed by atoms with Crippen LogP contribution in [0.1, 0.15) is 34.4 Å². The van der Waals surface area contributed by atoms with Gasteiger partial charge < -0.3 is 4.74 Å². The maximum absolute atomic E-state index is 6.39. The summed E-state index contributed by atoms with van der Waals surface area (Å²) in [7, 11) is 0. The van der Waals surface area contributed by atoms with Gasteiger partial charge in [0.05, 0.1) is 5.52 Å². The van der Waals surface area contributed by atoms with E-state index in [9.17, 15) is 0 Å². The van der Waals surface area contributed by atoms with Crippen LogP contribution in [-0.4, -0.2) is 4.98 Å². The van der Waals surface area contributed by atoms with Crippen molar-refractivity contribution in [3.05, 3.63) is 64.3 Å². The van der Waals surface area contributed by atoms with Gasteiger partial charge in [0.25, 0.3) is 0 Å². The molecule has 0 fully saturated rings. The van der Waals surface area contributed by atoms with Gasteiger partial charge >= 0.3 is 0 Å². The molecule has 2 nitrogen and oxygen atoms in total. The first-order valence-electron chi connectivity index (χ1n) is 8.29. The van der Waals surface area contributed by atoms with Gasteiger partial charge in [-0.3, -0.25) is 4.98 Å². The molecule has 0 N–H and O–H groups in total. The molecule has 4 rings (SSSR count). The molecule has 0 saturated heterocycles. The van der Waals surface area contributed by atoms with Crippen LogP contribution in [-0.2, 0) is 12.8 Å². The third-order valence-electron chi connectivity index (χ3n) is 4.81. The van der Waals surface area contributed by atoms with Gasteiger partial charge in [0.2, 0.25) is 0 Å². The van der Waals surface area contributed by atoms with Gasteiger partial charge in [-0.1, -0.05) is 17.7 Å². The Morgan fingerprint density at radius 1 is 0.913 bits per heavy atom. The lowest BCUT2D eigenvalue weighted by atomic mass is 10.1. The maximum Gasteiger partial charge on any atom is 0.141 e. The van der Waals surface area contributed by atoms with Crippen LogP contribution in [0.5, 0.6) is 11.5 Å². The summed E-state index contributed by atoms with van der Waals surface area (Å²) >= 11 is 0. The highest BCUT2D eigenvalue weighted by Crippen LogP contribution is 2.39. The van der Waals surface area contributed by atoms with Crippen LogP contribution < -0.4 is 4.74 Å². The predicted octanol–water partition coefficient (Wildman–Crippen LogP) is 5.44. The standard InChI is InChI=1S/C21H21NO/c1-13-7-10-20-18(11-13)21(17-5-4-6-19(17)22-20)23-16-9-8-14(2)15(3)12-16/h7-12H,4-6H2,1-3H3. The number of aromatic nitrogens is 1. The number of aryl methyl sites for hydroxylation is 4. The lowest BCUT2D eigenvalue weighted by Gasteiger charge is -2.15. The summed E-state index contributed by atoms with van der Waals surface area (Å²) in [5, 5.41) is 1.13. The molecular weight excluding hydrogens is 282 g/mol. The summed E-state index contributed by atoms with van der Waals surface area (Å²) in [6.07, 6.45) is 3.29. The molecule has 1 heterocycles. The molecule has 0 bridgehead atoms. The Morgan fingerprint density at radius 3 is 2.61 bits per heavy atom. The van der Waals surface area contributed by atoms with Crippen molar-refractivity contribution in [1.29, 1.82) is 0 Å². The number of rotatable bonds is 2. The van der Waals surface area contributed by atoms with Crippen molar-refractivity contribution in [3.63, 3.8) is 0 Å². The third-order valence-corrected chi connectivity index (χ3v) is 4.81. The molecule has 2 heteroatoms. The molecule has 0 spiro atoms. The Balaban J connectivity index is 1.90. The zero-order chi connectivity index (χ0) is 16.0. The molecule has 0 unspecified atom stereocenters. The van der Waals surface area contributed by atoms with E-state index in [1.807, 2.05) is 0 Å². The first-order chi connectivity index (χ1) is 11.1. The molecular formula is C21H21NO. The van der Waals surface area contributed by atoms with E-state index in [1.165, 1.54) is 34.4 Å². The number of pyridine rings is 1. The highest BCUT2D eigenvalue weighted by Gasteiger charge is 2.21. The second-order valence-electron chi connectivity index (χ2n) is 6.59. The third kappa shape index (κ3) is 2.48. The van der Waals surface area contributed by atoms with Crippen molar-refractivity contribution >= 4 is 10.9 Å². The molecule has 3 aromatic rings. The van der Waals surface area contributed by atoms with Gasteiger partial charge in [-0.2, -0.15) is 0 Å². The molecule has 1 aliphatic carbocycles.